The van der Waals surface area contributed by atoms with Gasteiger partial charge in [-0.3, -0.25) is 19.9 Å². The number of hydrogen-bond acceptors (Lipinski definition) is 4. The maximum Gasteiger partial charge on any atom is 0.292 e. The zero-order chi connectivity index (χ0) is 14.7. The second kappa shape index (κ2) is 5.48. The van der Waals surface area contributed by atoms with Gasteiger partial charge >= 0.3 is 0 Å². The number of benzene rings is 1. The standard InChI is InChI=1S/C14H13N3O3/c1-9-7-12(5-6-15-9)11-3-4-14(17(19)20)13(8-11)16-10(2)18/h3-8H,1-2H3,(H,16,18). The summed E-state index contributed by atoms with van der Waals surface area (Å²) < 4.78 is 0. The fourth-order valence-electron chi connectivity index (χ4n) is 1.89. The molecule has 2 aromatic rings. The van der Waals surface area contributed by atoms with Gasteiger partial charge in [0, 0.05) is 24.9 Å². The van der Waals surface area contributed by atoms with E-state index >= 15 is 0 Å². The van der Waals surface area contributed by atoms with Crippen LogP contribution in [0.2, 0.25) is 0 Å². The lowest BCUT2D eigenvalue weighted by Gasteiger charge is -2.07. The van der Waals surface area contributed by atoms with E-state index in [9.17, 15) is 14.9 Å². The van der Waals surface area contributed by atoms with Crippen LogP contribution < -0.4 is 5.32 Å². The fourth-order valence-corrected chi connectivity index (χ4v) is 1.89. The number of nitro groups is 1. The monoisotopic (exact) mass is 271 g/mol. The Hall–Kier alpha value is -2.76. The van der Waals surface area contributed by atoms with Crippen molar-refractivity contribution in [2.75, 3.05) is 5.32 Å². The first-order valence-corrected chi connectivity index (χ1v) is 5.96. The van der Waals surface area contributed by atoms with Crippen LogP contribution in [0.3, 0.4) is 0 Å². The Balaban J connectivity index is 2.51. The molecule has 2 rings (SSSR count). The van der Waals surface area contributed by atoms with Crippen molar-refractivity contribution in [2.24, 2.45) is 0 Å². The number of nitro benzene ring substituents is 1. The van der Waals surface area contributed by atoms with Crippen LogP contribution in [0.4, 0.5) is 11.4 Å². The van der Waals surface area contributed by atoms with E-state index in [4.69, 9.17) is 0 Å². The van der Waals surface area contributed by atoms with Gasteiger partial charge in [0.2, 0.25) is 5.91 Å². The zero-order valence-electron chi connectivity index (χ0n) is 11.1. The lowest BCUT2D eigenvalue weighted by Crippen LogP contribution is -2.08. The van der Waals surface area contributed by atoms with Gasteiger partial charge in [-0.25, -0.2) is 0 Å². The summed E-state index contributed by atoms with van der Waals surface area (Å²) in [6.45, 7) is 3.18. The smallest absolute Gasteiger partial charge is 0.292 e. The van der Waals surface area contributed by atoms with Gasteiger partial charge in [0.1, 0.15) is 5.69 Å². The molecule has 0 atom stereocenters. The van der Waals surface area contributed by atoms with Crippen LogP contribution in [0.25, 0.3) is 11.1 Å². The third-order valence-electron chi connectivity index (χ3n) is 2.73. The molecule has 1 aromatic carbocycles. The maximum absolute atomic E-state index is 11.1. The van der Waals surface area contributed by atoms with E-state index in [-0.39, 0.29) is 17.3 Å². The minimum Gasteiger partial charge on any atom is -0.321 e. The Morgan fingerprint density at radius 3 is 2.55 bits per heavy atom. The fraction of sp³-hybridized carbons (Fsp3) is 0.143. The number of nitrogens with one attached hydrogen (secondary N) is 1. The molecule has 1 heterocycles. The predicted octanol–water partition coefficient (Wildman–Crippen LogP) is 2.92. The van der Waals surface area contributed by atoms with E-state index in [0.29, 0.717) is 0 Å². The Labute approximate surface area is 115 Å². The van der Waals surface area contributed by atoms with E-state index in [1.807, 2.05) is 19.1 Å². The average Bonchev–Trinajstić information content (AvgIpc) is 2.37. The normalized spacial score (nSPS) is 10.1. The van der Waals surface area contributed by atoms with E-state index in [0.717, 1.165) is 16.8 Å². The van der Waals surface area contributed by atoms with Gasteiger partial charge in [-0.1, -0.05) is 0 Å². The molecule has 0 aliphatic carbocycles. The lowest BCUT2D eigenvalue weighted by molar-refractivity contribution is -0.383. The number of rotatable bonds is 3. The third kappa shape index (κ3) is 2.97. The van der Waals surface area contributed by atoms with Crippen LogP contribution in [-0.2, 0) is 4.79 Å². The molecule has 6 nitrogen and oxygen atoms in total. The van der Waals surface area contributed by atoms with E-state index in [1.165, 1.54) is 13.0 Å². The first kappa shape index (κ1) is 13.7. The Bertz CT molecular complexity index is 683. The summed E-state index contributed by atoms with van der Waals surface area (Å²) >= 11 is 0. The predicted molar refractivity (Wildman–Crippen MR) is 75.4 cm³/mol. The summed E-state index contributed by atoms with van der Waals surface area (Å²) in [5, 5.41) is 13.4. The van der Waals surface area contributed by atoms with Gasteiger partial charge in [0.25, 0.3) is 5.69 Å². The minimum absolute atomic E-state index is 0.130. The average molecular weight is 271 g/mol. The maximum atomic E-state index is 11.1. The second-order valence-electron chi connectivity index (χ2n) is 4.36. The number of amides is 1. The molecule has 0 fully saturated rings. The van der Waals surface area contributed by atoms with Gasteiger partial charge in [-0.2, -0.15) is 0 Å². The number of aryl methyl sites for hydroxylation is 1. The van der Waals surface area contributed by atoms with E-state index < -0.39 is 4.92 Å². The lowest BCUT2D eigenvalue weighted by atomic mass is 10.0. The molecule has 102 valence electrons. The molecule has 6 heteroatoms. The van der Waals surface area contributed by atoms with Crippen molar-refractivity contribution >= 4 is 17.3 Å². The second-order valence-corrected chi connectivity index (χ2v) is 4.36. The molecular weight excluding hydrogens is 258 g/mol. The zero-order valence-corrected chi connectivity index (χ0v) is 11.1. The number of hydrogen-bond donors (Lipinski definition) is 1. The molecular formula is C14H13N3O3. The van der Waals surface area contributed by atoms with E-state index in [1.54, 1.807) is 18.3 Å². The van der Waals surface area contributed by atoms with Gasteiger partial charge in [-0.15, -0.1) is 0 Å². The van der Waals surface area contributed by atoms with Gasteiger partial charge in [0.15, 0.2) is 0 Å². The molecule has 20 heavy (non-hydrogen) atoms. The number of pyridine rings is 1. The SMILES string of the molecule is CC(=O)Nc1cc(-c2ccnc(C)c2)ccc1[N+](=O)[O-]. The molecule has 1 N–H and O–H groups in total. The highest BCUT2D eigenvalue weighted by atomic mass is 16.6. The largest absolute Gasteiger partial charge is 0.321 e. The van der Waals surface area contributed by atoms with Crippen LogP contribution >= 0.6 is 0 Å². The van der Waals surface area contributed by atoms with Crippen molar-refractivity contribution in [1.29, 1.82) is 0 Å². The Morgan fingerprint density at radius 2 is 1.95 bits per heavy atom. The molecule has 1 aromatic heterocycles. The summed E-state index contributed by atoms with van der Waals surface area (Å²) in [6, 6.07) is 8.31. The van der Waals surface area contributed by atoms with Gasteiger partial charge < -0.3 is 5.32 Å². The first-order chi connectivity index (χ1) is 9.47. The number of carbonyl (C=O) groups excluding carboxylic acids is 1. The van der Waals surface area contributed by atoms with Gasteiger partial charge in [0.05, 0.1) is 4.92 Å². The molecule has 1 amide bonds. The van der Waals surface area contributed by atoms with Crippen LogP contribution in [0.15, 0.2) is 36.5 Å². The minimum atomic E-state index is -0.521. The van der Waals surface area contributed by atoms with Crippen molar-refractivity contribution in [3.05, 3.63) is 52.3 Å². The van der Waals surface area contributed by atoms with Crippen LogP contribution in [-0.4, -0.2) is 15.8 Å². The van der Waals surface area contributed by atoms with Gasteiger partial charge in [-0.05, 0) is 42.3 Å². The first-order valence-electron chi connectivity index (χ1n) is 5.96. The number of aromatic nitrogens is 1. The van der Waals surface area contributed by atoms with Crippen LogP contribution in [0.5, 0.6) is 0 Å². The molecule has 0 radical (unpaired) electrons. The third-order valence-corrected chi connectivity index (χ3v) is 2.73. The molecule has 0 aliphatic heterocycles. The van der Waals surface area contributed by atoms with Crippen molar-refractivity contribution < 1.29 is 9.72 Å². The van der Waals surface area contributed by atoms with Crippen molar-refractivity contribution in [3.8, 4) is 11.1 Å². The molecule has 0 saturated carbocycles. The molecule has 0 spiro atoms. The number of nitrogens with zero attached hydrogens (tertiary/aromatic N) is 2. The highest BCUT2D eigenvalue weighted by molar-refractivity contribution is 5.92. The van der Waals surface area contributed by atoms with Crippen molar-refractivity contribution in [3.63, 3.8) is 0 Å². The Morgan fingerprint density at radius 1 is 1.25 bits per heavy atom. The molecule has 0 bridgehead atoms. The summed E-state index contributed by atoms with van der Waals surface area (Å²) in [6.07, 6.45) is 1.67. The van der Waals surface area contributed by atoms with Crippen LogP contribution in [0.1, 0.15) is 12.6 Å². The topological polar surface area (TPSA) is 85.1 Å². The van der Waals surface area contributed by atoms with Crippen molar-refractivity contribution in [2.45, 2.75) is 13.8 Å². The summed E-state index contributed by atoms with van der Waals surface area (Å²) in [7, 11) is 0. The molecule has 0 saturated heterocycles. The number of carbonyl (C=O) groups is 1. The van der Waals surface area contributed by atoms with Crippen molar-refractivity contribution in [1.82, 2.24) is 4.98 Å². The summed E-state index contributed by atoms with van der Waals surface area (Å²) in [4.78, 5) is 25.7. The Kier molecular flexibility index (Phi) is 3.74. The molecule has 0 unspecified atom stereocenters. The van der Waals surface area contributed by atoms with E-state index in [2.05, 4.69) is 10.3 Å². The number of anilines is 1. The highest BCUT2D eigenvalue weighted by Gasteiger charge is 2.15. The molecule has 0 aliphatic rings. The summed E-state index contributed by atoms with van der Waals surface area (Å²) in [5.41, 5.74) is 2.58. The van der Waals surface area contributed by atoms with Crippen LogP contribution in [0, 0.1) is 17.0 Å². The summed E-state index contributed by atoms with van der Waals surface area (Å²) in [5.74, 6) is -0.351. The highest BCUT2D eigenvalue weighted by Crippen LogP contribution is 2.30. The quantitative estimate of drug-likeness (QED) is 0.687.